The number of carbonyl (C=O) groups excluding carboxylic acids is 1. The van der Waals surface area contributed by atoms with Crippen LogP contribution in [0.2, 0.25) is 0 Å². The molecule has 0 aliphatic heterocycles. The van der Waals surface area contributed by atoms with Gasteiger partial charge < -0.3 is 9.72 Å². The van der Waals surface area contributed by atoms with Crippen molar-refractivity contribution in [1.29, 1.82) is 0 Å². The molecular formula is C18H18FN3O. The molecule has 0 saturated heterocycles. The lowest BCUT2D eigenvalue weighted by molar-refractivity contribution is -0.121. The van der Waals surface area contributed by atoms with Crippen LogP contribution in [0, 0.1) is 12.7 Å². The first-order valence-corrected chi connectivity index (χ1v) is 7.57. The average molecular weight is 311 g/mol. The maximum atomic E-state index is 12.8. The van der Waals surface area contributed by atoms with Crippen molar-refractivity contribution >= 4 is 11.6 Å². The molecule has 1 aromatic carbocycles. The molecule has 1 N–H and O–H groups in total. The number of imidazole rings is 1. The van der Waals surface area contributed by atoms with E-state index in [9.17, 15) is 9.18 Å². The Labute approximate surface area is 134 Å². The highest BCUT2D eigenvalue weighted by atomic mass is 19.1. The largest absolute Gasteiger partial charge is 0.352 e. The fourth-order valence-corrected chi connectivity index (χ4v) is 2.59. The molecule has 118 valence electrons. The fourth-order valence-electron chi connectivity index (χ4n) is 2.59. The minimum Gasteiger partial charge on any atom is -0.352 e. The van der Waals surface area contributed by atoms with Crippen LogP contribution in [0.3, 0.4) is 0 Å². The number of hydrogen-bond acceptors (Lipinski definition) is 2. The van der Waals surface area contributed by atoms with Gasteiger partial charge in [-0.05, 0) is 43.2 Å². The second-order valence-corrected chi connectivity index (χ2v) is 5.48. The molecule has 0 saturated carbocycles. The number of nitrogens with zero attached hydrogens (tertiary/aromatic N) is 2. The summed E-state index contributed by atoms with van der Waals surface area (Å²) >= 11 is 0. The topological polar surface area (TPSA) is 46.4 Å². The predicted molar refractivity (Wildman–Crippen MR) is 86.5 cm³/mol. The number of aryl methyl sites for hydroxylation is 2. The van der Waals surface area contributed by atoms with E-state index < -0.39 is 0 Å². The van der Waals surface area contributed by atoms with Crippen LogP contribution < -0.4 is 5.32 Å². The number of carbonyl (C=O) groups is 1. The van der Waals surface area contributed by atoms with E-state index in [1.807, 2.05) is 35.7 Å². The zero-order chi connectivity index (χ0) is 16.2. The fraction of sp³-hybridized carbons (Fsp3) is 0.222. The number of pyridine rings is 1. The molecule has 0 unspecified atom stereocenters. The van der Waals surface area contributed by atoms with Crippen molar-refractivity contribution in [3.05, 3.63) is 71.4 Å². The van der Waals surface area contributed by atoms with E-state index in [4.69, 9.17) is 0 Å². The Morgan fingerprint density at radius 3 is 2.78 bits per heavy atom. The molecule has 4 nitrogen and oxygen atoms in total. The van der Waals surface area contributed by atoms with Crippen LogP contribution in [0.1, 0.15) is 23.4 Å². The van der Waals surface area contributed by atoms with Gasteiger partial charge >= 0.3 is 0 Å². The quantitative estimate of drug-likeness (QED) is 0.787. The molecular weight excluding hydrogens is 293 g/mol. The monoisotopic (exact) mass is 311 g/mol. The van der Waals surface area contributed by atoms with Gasteiger partial charge in [-0.2, -0.15) is 0 Å². The summed E-state index contributed by atoms with van der Waals surface area (Å²) in [6, 6.07) is 12.0. The van der Waals surface area contributed by atoms with E-state index in [-0.39, 0.29) is 11.7 Å². The number of aromatic nitrogens is 2. The average Bonchev–Trinajstić information content (AvgIpc) is 2.87. The molecule has 0 fully saturated rings. The Bertz CT molecular complexity index is 824. The van der Waals surface area contributed by atoms with Crippen molar-refractivity contribution in [2.24, 2.45) is 0 Å². The lowest BCUT2D eigenvalue weighted by Crippen LogP contribution is -2.23. The number of nitrogens with one attached hydrogen (secondary N) is 1. The molecule has 0 atom stereocenters. The second-order valence-electron chi connectivity index (χ2n) is 5.48. The number of amides is 1. The normalized spacial score (nSPS) is 10.9. The van der Waals surface area contributed by atoms with Crippen LogP contribution in [0.5, 0.6) is 0 Å². The van der Waals surface area contributed by atoms with Gasteiger partial charge in [0.25, 0.3) is 0 Å². The number of fused-ring (bicyclic) bond motifs is 1. The number of hydrogen-bond donors (Lipinski definition) is 1. The molecule has 2 heterocycles. The summed E-state index contributed by atoms with van der Waals surface area (Å²) in [6.07, 6.45) is 2.98. The lowest BCUT2D eigenvalue weighted by atomic mass is 10.2. The Morgan fingerprint density at radius 2 is 2.00 bits per heavy atom. The molecule has 5 heteroatoms. The van der Waals surface area contributed by atoms with Gasteiger partial charge in [0, 0.05) is 24.9 Å². The summed E-state index contributed by atoms with van der Waals surface area (Å²) in [5.74, 6) is -0.303. The zero-order valence-corrected chi connectivity index (χ0v) is 12.9. The molecule has 23 heavy (non-hydrogen) atoms. The van der Waals surface area contributed by atoms with Gasteiger partial charge in [0.1, 0.15) is 11.5 Å². The van der Waals surface area contributed by atoms with Crippen LogP contribution in [-0.2, 0) is 17.8 Å². The first kappa shape index (κ1) is 15.2. The molecule has 2 aromatic heterocycles. The first-order chi connectivity index (χ1) is 11.1. The Kier molecular flexibility index (Phi) is 4.37. The highest BCUT2D eigenvalue weighted by Crippen LogP contribution is 2.13. The zero-order valence-electron chi connectivity index (χ0n) is 12.9. The number of benzene rings is 1. The lowest BCUT2D eigenvalue weighted by Gasteiger charge is -2.06. The molecule has 0 radical (unpaired) electrons. The summed E-state index contributed by atoms with van der Waals surface area (Å²) in [5, 5.41) is 2.86. The van der Waals surface area contributed by atoms with Crippen LogP contribution in [0.15, 0.2) is 48.7 Å². The van der Waals surface area contributed by atoms with Gasteiger partial charge in [-0.1, -0.05) is 18.2 Å². The van der Waals surface area contributed by atoms with Gasteiger partial charge in [-0.3, -0.25) is 4.79 Å². The van der Waals surface area contributed by atoms with E-state index in [1.54, 1.807) is 12.1 Å². The second kappa shape index (κ2) is 6.60. The van der Waals surface area contributed by atoms with E-state index in [2.05, 4.69) is 10.3 Å². The van der Waals surface area contributed by atoms with Crippen molar-refractivity contribution in [1.82, 2.24) is 14.7 Å². The molecule has 1 amide bonds. The van der Waals surface area contributed by atoms with E-state index in [1.165, 1.54) is 12.1 Å². The molecule has 3 rings (SSSR count). The Balaban J connectivity index is 1.58. The standard InChI is InChI=1S/C18H18FN3O/c1-13-16(22-11-3-2-4-17(22)21-13)9-10-18(23)20-12-14-5-7-15(19)8-6-14/h2-8,11H,9-10,12H2,1H3,(H,20,23). The number of halogens is 1. The molecule has 3 aromatic rings. The molecule has 0 spiro atoms. The van der Waals surface area contributed by atoms with Gasteiger partial charge in [-0.25, -0.2) is 9.37 Å². The highest BCUT2D eigenvalue weighted by Gasteiger charge is 2.10. The van der Waals surface area contributed by atoms with Gasteiger partial charge in [0.05, 0.1) is 5.69 Å². The summed E-state index contributed by atoms with van der Waals surface area (Å²) in [4.78, 5) is 16.5. The van der Waals surface area contributed by atoms with Gasteiger partial charge in [-0.15, -0.1) is 0 Å². The summed E-state index contributed by atoms with van der Waals surface area (Å²) in [7, 11) is 0. The minimum absolute atomic E-state index is 0.0281. The minimum atomic E-state index is -0.275. The van der Waals surface area contributed by atoms with Gasteiger partial charge in [0.2, 0.25) is 5.91 Å². The van der Waals surface area contributed by atoms with Crippen molar-refractivity contribution in [3.8, 4) is 0 Å². The molecule has 0 aliphatic carbocycles. The van der Waals surface area contributed by atoms with Crippen molar-refractivity contribution in [3.63, 3.8) is 0 Å². The molecule has 0 bridgehead atoms. The molecule has 0 aliphatic rings. The van der Waals surface area contributed by atoms with Gasteiger partial charge in [0.15, 0.2) is 0 Å². The van der Waals surface area contributed by atoms with Crippen LogP contribution in [0.4, 0.5) is 4.39 Å². The van der Waals surface area contributed by atoms with E-state index >= 15 is 0 Å². The third-order valence-corrected chi connectivity index (χ3v) is 3.82. The third kappa shape index (κ3) is 3.56. The Morgan fingerprint density at radius 1 is 1.22 bits per heavy atom. The third-order valence-electron chi connectivity index (χ3n) is 3.82. The van der Waals surface area contributed by atoms with Crippen molar-refractivity contribution in [2.75, 3.05) is 0 Å². The predicted octanol–water partition coefficient (Wildman–Crippen LogP) is 3.03. The van der Waals surface area contributed by atoms with Crippen molar-refractivity contribution < 1.29 is 9.18 Å². The van der Waals surface area contributed by atoms with E-state index in [0.717, 1.165) is 22.6 Å². The summed E-state index contributed by atoms with van der Waals surface area (Å²) in [5.41, 5.74) is 3.78. The van der Waals surface area contributed by atoms with Crippen LogP contribution in [0.25, 0.3) is 5.65 Å². The summed E-state index contributed by atoms with van der Waals surface area (Å²) in [6.45, 7) is 2.37. The Hall–Kier alpha value is -2.69. The maximum absolute atomic E-state index is 12.8. The summed E-state index contributed by atoms with van der Waals surface area (Å²) < 4.78 is 14.8. The van der Waals surface area contributed by atoms with E-state index in [0.29, 0.717) is 19.4 Å². The number of rotatable bonds is 5. The smallest absolute Gasteiger partial charge is 0.220 e. The van der Waals surface area contributed by atoms with Crippen LogP contribution in [-0.4, -0.2) is 15.3 Å². The first-order valence-electron chi connectivity index (χ1n) is 7.57. The van der Waals surface area contributed by atoms with Crippen LogP contribution >= 0.6 is 0 Å². The SMILES string of the molecule is Cc1nc2ccccn2c1CCC(=O)NCc1ccc(F)cc1. The maximum Gasteiger partial charge on any atom is 0.220 e. The van der Waals surface area contributed by atoms with Crippen molar-refractivity contribution in [2.45, 2.75) is 26.3 Å². The highest BCUT2D eigenvalue weighted by molar-refractivity contribution is 5.76.